The summed E-state index contributed by atoms with van der Waals surface area (Å²) in [5.41, 5.74) is 12.9. The second-order valence-electron chi connectivity index (χ2n) is 14.8. The molecule has 0 saturated carbocycles. The first-order chi connectivity index (χ1) is 28.8. The van der Waals surface area contributed by atoms with Crippen LogP contribution >= 0.6 is 11.3 Å². The molecule has 10 aromatic carbocycles. The van der Waals surface area contributed by atoms with E-state index in [2.05, 4.69) is 229 Å². The smallest absolute Gasteiger partial charge is 0.0625 e. The van der Waals surface area contributed by atoms with Crippen LogP contribution in [0.2, 0.25) is 0 Å². The van der Waals surface area contributed by atoms with Gasteiger partial charge < -0.3 is 4.90 Å². The summed E-state index contributed by atoms with van der Waals surface area (Å²) in [5, 5.41) is 7.48. The number of thiophene rings is 1. The molecule has 11 aromatic rings. The molecule has 2 heteroatoms. The standard InChI is InChI=1S/C56H37NS/c1-4-19-38(20-5-1)42-36-35-41(37-51(42)39-21-6-2-7-22-39)57(52-33-16-14-27-45(52)49-31-18-32-50-46-28-15-17-34-53(46)58-56(49)50)55-48-30-13-11-26-44(48)43-25-10-12-29-47(43)54(55)40-23-8-3-9-24-40/h1-37H. The van der Waals surface area contributed by atoms with Crippen LogP contribution in [-0.4, -0.2) is 0 Å². The molecule has 1 heterocycles. The zero-order chi connectivity index (χ0) is 38.4. The molecule has 0 amide bonds. The Balaban J connectivity index is 1.29. The molecule has 0 aliphatic rings. The third-order valence-corrected chi connectivity index (χ3v) is 12.7. The maximum absolute atomic E-state index is 2.56. The van der Waals surface area contributed by atoms with Gasteiger partial charge >= 0.3 is 0 Å². The topological polar surface area (TPSA) is 3.24 Å². The van der Waals surface area contributed by atoms with Crippen LogP contribution < -0.4 is 4.90 Å². The summed E-state index contributed by atoms with van der Waals surface area (Å²) < 4.78 is 2.60. The Morgan fingerprint density at radius 2 is 0.828 bits per heavy atom. The van der Waals surface area contributed by atoms with E-state index in [4.69, 9.17) is 0 Å². The van der Waals surface area contributed by atoms with Crippen LogP contribution in [-0.2, 0) is 0 Å². The Hall–Kier alpha value is -7.26. The minimum Gasteiger partial charge on any atom is -0.309 e. The summed E-state index contributed by atoms with van der Waals surface area (Å²) in [4.78, 5) is 2.56. The maximum atomic E-state index is 2.56. The lowest BCUT2D eigenvalue weighted by Crippen LogP contribution is -2.14. The number of nitrogens with zero attached hydrogens (tertiary/aromatic N) is 1. The number of fused-ring (bicyclic) bond motifs is 6. The van der Waals surface area contributed by atoms with E-state index in [-0.39, 0.29) is 0 Å². The van der Waals surface area contributed by atoms with Crippen molar-refractivity contribution in [3.63, 3.8) is 0 Å². The van der Waals surface area contributed by atoms with E-state index in [1.165, 1.54) is 86.2 Å². The molecule has 0 atom stereocenters. The first kappa shape index (κ1) is 34.0. The normalized spacial score (nSPS) is 11.4. The van der Waals surface area contributed by atoms with E-state index in [1.807, 2.05) is 11.3 Å². The molecule has 0 saturated heterocycles. The summed E-state index contributed by atoms with van der Waals surface area (Å²) in [6, 6.07) is 82.1. The third-order valence-electron chi connectivity index (χ3n) is 11.5. The predicted molar refractivity (Wildman–Crippen MR) is 251 cm³/mol. The van der Waals surface area contributed by atoms with E-state index in [1.54, 1.807) is 0 Å². The molecule has 0 spiro atoms. The summed E-state index contributed by atoms with van der Waals surface area (Å²) in [6.45, 7) is 0. The van der Waals surface area contributed by atoms with E-state index in [0.29, 0.717) is 0 Å². The summed E-state index contributed by atoms with van der Waals surface area (Å²) in [6.07, 6.45) is 0. The SMILES string of the molecule is c1ccc(-c2ccc(N(c3ccccc3-c3cccc4c3sc3ccccc34)c3c(-c4ccccc4)c4ccccc4c4ccccc34)cc2-c2ccccc2)cc1. The highest BCUT2D eigenvalue weighted by molar-refractivity contribution is 7.26. The minimum atomic E-state index is 1.09. The van der Waals surface area contributed by atoms with Crippen molar-refractivity contribution in [1.29, 1.82) is 0 Å². The Kier molecular flexibility index (Phi) is 8.42. The van der Waals surface area contributed by atoms with Gasteiger partial charge in [0.15, 0.2) is 0 Å². The maximum Gasteiger partial charge on any atom is 0.0625 e. The average molecular weight is 756 g/mol. The molecule has 0 aliphatic carbocycles. The van der Waals surface area contributed by atoms with Crippen LogP contribution in [0.15, 0.2) is 224 Å². The van der Waals surface area contributed by atoms with Crippen molar-refractivity contribution in [3.8, 4) is 44.5 Å². The van der Waals surface area contributed by atoms with Crippen molar-refractivity contribution in [2.75, 3.05) is 4.90 Å². The van der Waals surface area contributed by atoms with Crippen LogP contribution in [0.5, 0.6) is 0 Å². The Morgan fingerprint density at radius 3 is 1.55 bits per heavy atom. The molecule has 0 radical (unpaired) electrons. The molecule has 58 heavy (non-hydrogen) atoms. The third kappa shape index (κ3) is 5.69. The number of rotatable bonds is 7. The molecular weight excluding hydrogens is 719 g/mol. The van der Waals surface area contributed by atoms with Crippen LogP contribution in [0.4, 0.5) is 17.1 Å². The van der Waals surface area contributed by atoms with Gasteiger partial charge in [0.25, 0.3) is 0 Å². The highest BCUT2D eigenvalue weighted by Crippen LogP contribution is 2.53. The highest BCUT2D eigenvalue weighted by atomic mass is 32.1. The number of hydrogen-bond acceptors (Lipinski definition) is 2. The molecule has 1 aromatic heterocycles. The fourth-order valence-electron chi connectivity index (χ4n) is 8.89. The van der Waals surface area contributed by atoms with Crippen molar-refractivity contribution < 1.29 is 0 Å². The van der Waals surface area contributed by atoms with E-state index >= 15 is 0 Å². The fourth-order valence-corrected chi connectivity index (χ4v) is 10.1. The number of hydrogen-bond donors (Lipinski definition) is 0. The zero-order valence-corrected chi connectivity index (χ0v) is 32.5. The Bertz CT molecular complexity index is 3270. The van der Waals surface area contributed by atoms with Crippen LogP contribution in [0.3, 0.4) is 0 Å². The lowest BCUT2D eigenvalue weighted by atomic mass is 9.89. The van der Waals surface area contributed by atoms with Gasteiger partial charge in [-0.1, -0.05) is 200 Å². The summed E-state index contributed by atoms with van der Waals surface area (Å²) >= 11 is 1.88. The molecule has 0 fully saturated rings. The van der Waals surface area contributed by atoms with Crippen LogP contribution in [0.1, 0.15) is 0 Å². The largest absolute Gasteiger partial charge is 0.309 e. The van der Waals surface area contributed by atoms with Crippen LogP contribution in [0.25, 0.3) is 86.2 Å². The molecule has 0 bridgehead atoms. The van der Waals surface area contributed by atoms with Crippen molar-refractivity contribution in [1.82, 2.24) is 0 Å². The molecule has 0 aliphatic heterocycles. The second kappa shape index (κ2) is 14.4. The quantitative estimate of drug-likeness (QED) is 0.146. The second-order valence-corrected chi connectivity index (χ2v) is 15.8. The monoisotopic (exact) mass is 755 g/mol. The van der Waals surface area contributed by atoms with Gasteiger partial charge in [-0.2, -0.15) is 0 Å². The summed E-state index contributed by atoms with van der Waals surface area (Å²) in [7, 11) is 0. The summed E-state index contributed by atoms with van der Waals surface area (Å²) in [5.74, 6) is 0. The van der Waals surface area contributed by atoms with E-state index < -0.39 is 0 Å². The van der Waals surface area contributed by atoms with Crippen molar-refractivity contribution in [3.05, 3.63) is 224 Å². The predicted octanol–water partition coefficient (Wildman–Crippen LogP) is 16.5. The number of anilines is 3. The molecule has 11 rings (SSSR count). The lowest BCUT2D eigenvalue weighted by molar-refractivity contribution is 1.30. The van der Waals surface area contributed by atoms with Crippen molar-refractivity contribution in [2.45, 2.75) is 0 Å². The molecule has 0 unspecified atom stereocenters. The first-order valence-electron chi connectivity index (χ1n) is 19.9. The Labute approximate surface area is 342 Å². The number of benzene rings is 10. The van der Waals surface area contributed by atoms with E-state index in [0.717, 1.165) is 17.1 Å². The van der Waals surface area contributed by atoms with Gasteiger partial charge in [-0.05, 0) is 68.2 Å². The minimum absolute atomic E-state index is 1.09. The van der Waals surface area contributed by atoms with Gasteiger partial charge in [0.1, 0.15) is 0 Å². The lowest BCUT2D eigenvalue weighted by Gasteiger charge is -2.33. The van der Waals surface area contributed by atoms with E-state index in [9.17, 15) is 0 Å². The molecule has 1 nitrogen and oxygen atoms in total. The average Bonchev–Trinajstić information content (AvgIpc) is 3.69. The Morgan fingerprint density at radius 1 is 0.310 bits per heavy atom. The highest BCUT2D eigenvalue weighted by Gasteiger charge is 2.27. The van der Waals surface area contributed by atoms with Crippen molar-refractivity contribution in [2.24, 2.45) is 0 Å². The zero-order valence-electron chi connectivity index (χ0n) is 31.7. The molecular formula is C56H37NS. The molecule has 0 N–H and O–H groups in total. The fraction of sp³-hybridized carbons (Fsp3) is 0. The molecule has 272 valence electrons. The van der Waals surface area contributed by atoms with Gasteiger partial charge in [0.2, 0.25) is 0 Å². The van der Waals surface area contributed by atoms with Crippen molar-refractivity contribution >= 4 is 70.1 Å². The van der Waals surface area contributed by atoms with Gasteiger partial charge in [0.05, 0.1) is 11.4 Å². The number of para-hydroxylation sites is 1. The van der Waals surface area contributed by atoms with Gasteiger partial charge in [0, 0.05) is 47.9 Å². The van der Waals surface area contributed by atoms with Crippen LogP contribution in [0, 0.1) is 0 Å². The van der Waals surface area contributed by atoms with Gasteiger partial charge in [-0.15, -0.1) is 11.3 Å². The first-order valence-corrected chi connectivity index (χ1v) is 20.7. The van der Waals surface area contributed by atoms with Gasteiger partial charge in [-0.25, -0.2) is 0 Å². The van der Waals surface area contributed by atoms with Gasteiger partial charge in [-0.3, -0.25) is 0 Å².